The fraction of sp³-hybridized carbons (Fsp3) is 0.636. The number of unbranched alkanes of at least 4 members (excludes halogenated alkanes) is 18. The van der Waals surface area contributed by atoms with Crippen molar-refractivity contribution in [2.45, 2.75) is 212 Å². The predicted octanol–water partition coefficient (Wildman–Crippen LogP) is 17.6. The van der Waals surface area contributed by atoms with Gasteiger partial charge in [-0.1, -0.05) is 186 Å². The van der Waals surface area contributed by atoms with Gasteiger partial charge in [0.25, 0.3) is 0 Å². The number of aryl methyl sites for hydroxylation is 3. The number of carbonyl (C=O) groups is 2. The molecule has 0 radical (unpaired) electrons. The summed E-state index contributed by atoms with van der Waals surface area (Å²) in [6.07, 6.45) is 27.6. The highest BCUT2D eigenvalue weighted by molar-refractivity contribution is 7.99. The van der Waals surface area contributed by atoms with Crippen LogP contribution in [0.1, 0.15) is 198 Å². The van der Waals surface area contributed by atoms with E-state index in [0.717, 1.165) is 60.6 Å². The van der Waals surface area contributed by atoms with Gasteiger partial charge in [0.05, 0.1) is 12.8 Å². The molecule has 0 atom stereocenters. The summed E-state index contributed by atoms with van der Waals surface area (Å²) in [4.78, 5) is 28.3. The van der Waals surface area contributed by atoms with Crippen molar-refractivity contribution in [3.8, 4) is 22.6 Å². The molecule has 62 heavy (non-hydrogen) atoms. The van der Waals surface area contributed by atoms with Crippen LogP contribution in [-0.2, 0) is 15.0 Å². The molecule has 0 unspecified atom stereocenters. The topological polar surface area (TPSA) is 52.6 Å². The molecule has 7 heteroatoms. The normalized spacial score (nSPS) is 11.6. The molecule has 0 aliphatic rings. The summed E-state index contributed by atoms with van der Waals surface area (Å²) in [5.74, 6) is 4.75. The Morgan fingerprint density at radius 1 is 0.484 bits per heavy atom. The van der Waals surface area contributed by atoms with Crippen LogP contribution < -0.4 is 9.47 Å². The first-order valence-corrected chi connectivity index (χ1v) is 27.7. The van der Waals surface area contributed by atoms with Crippen molar-refractivity contribution in [2.75, 3.05) is 23.0 Å². The number of hydrogen-bond acceptors (Lipinski definition) is 7. The minimum absolute atomic E-state index is 0.0361. The second-order valence-corrected chi connectivity index (χ2v) is 22.1. The van der Waals surface area contributed by atoms with Crippen molar-refractivity contribution in [3.63, 3.8) is 0 Å². The van der Waals surface area contributed by atoms with Crippen molar-refractivity contribution < 1.29 is 19.1 Å². The van der Waals surface area contributed by atoms with E-state index in [2.05, 4.69) is 83.1 Å². The van der Waals surface area contributed by atoms with E-state index in [1.807, 2.05) is 44.3 Å². The first kappa shape index (κ1) is 54.0. The van der Waals surface area contributed by atoms with Gasteiger partial charge in [0.1, 0.15) is 11.5 Å². The van der Waals surface area contributed by atoms with Gasteiger partial charge in [-0.3, -0.25) is 9.59 Å². The molecule has 346 valence electrons. The van der Waals surface area contributed by atoms with Crippen LogP contribution in [0.15, 0.2) is 58.3 Å². The Morgan fingerprint density at radius 3 is 1.27 bits per heavy atom. The van der Waals surface area contributed by atoms with Gasteiger partial charge in [-0.25, -0.2) is 0 Å². The number of thioether (sulfide) groups is 2. The summed E-state index contributed by atoms with van der Waals surface area (Å²) in [5.41, 5.74) is 6.07. The van der Waals surface area contributed by atoms with E-state index in [0.29, 0.717) is 24.3 Å². The van der Waals surface area contributed by atoms with Gasteiger partial charge < -0.3 is 9.47 Å². The summed E-state index contributed by atoms with van der Waals surface area (Å²) < 4.78 is 12.1. The average molecular weight is 905 g/mol. The van der Waals surface area contributed by atoms with Crippen LogP contribution in [-0.4, -0.2) is 35.0 Å². The molecule has 0 aliphatic heterocycles. The Bertz CT molecular complexity index is 1690. The fourth-order valence-corrected chi connectivity index (χ4v) is 10.8. The summed E-state index contributed by atoms with van der Waals surface area (Å²) in [6.45, 7) is 17.3. The zero-order valence-electron chi connectivity index (χ0n) is 40.4. The predicted molar refractivity (Wildman–Crippen MR) is 274 cm³/mol. The molecular formula is C55H84O4S3. The van der Waals surface area contributed by atoms with E-state index in [9.17, 15) is 9.59 Å². The summed E-state index contributed by atoms with van der Waals surface area (Å²) in [6, 6.07) is 17.2. The third-order valence-electron chi connectivity index (χ3n) is 11.6. The monoisotopic (exact) mass is 905 g/mol. The molecule has 0 aliphatic carbocycles. The van der Waals surface area contributed by atoms with Gasteiger partial charge in [0, 0.05) is 26.9 Å². The highest BCUT2D eigenvalue weighted by Crippen LogP contribution is 2.41. The van der Waals surface area contributed by atoms with Gasteiger partial charge in [0.2, 0.25) is 0 Å². The van der Waals surface area contributed by atoms with Crippen LogP contribution in [0.25, 0.3) is 11.1 Å². The molecule has 4 nitrogen and oxygen atoms in total. The van der Waals surface area contributed by atoms with Crippen LogP contribution in [0.4, 0.5) is 0 Å². The van der Waals surface area contributed by atoms with Crippen LogP contribution in [0, 0.1) is 20.8 Å². The zero-order chi connectivity index (χ0) is 45.0. The zero-order valence-corrected chi connectivity index (χ0v) is 42.8. The average Bonchev–Trinajstić information content (AvgIpc) is 3.23. The second kappa shape index (κ2) is 31.5. The molecule has 3 aromatic rings. The van der Waals surface area contributed by atoms with Crippen molar-refractivity contribution in [2.24, 2.45) is 0 Å². The quantitative estimate of drug-likeness (QED) is 0.0343. The molecule has 0 spiro atoms. The number of hydrogen-bond donors (Lipinski definition) is 0. The van der Waals surface area contributed by atoms with Gasteiger partial charge in [0.15, 0.2) is 0 Å². The van der Waals surface area contributed by atoms with Crippen LogP contribution in [0.2, 0.25) is 0 Å². The van der Waals surface area contributed by atoms with Crippen LogP contribution >= 0.6 is 35.3 Å². The first-order chi connectivity index (χ1) is 29.9. The minimum atomic E-state index is -0.180. The van der Waals surface area contributed by atoms with Gasteiger partial charge in [-0.05, 0) is 103 Å². The molecule has 0 N–H and O–H groups in total. The standard InChI is InChI=1S/C55H84O4S3/c1-9-11-13-15-17-19-21-23-25-27-35-60-37-33-51(56)58-53-43(3)39-48(40-44(53)4)62-49-41-45(5)54(50(42-49)46-29-31-47(32-30-46)55(6,7)8)59-52(57)34-38-61-36-28-26-24-22-20-18-16-14-12-10-2/h29-32,39-42H,9-28,33-38H2,1-8H3. The molecule has 3 aromatic carbocycles. The maximum atomic E-state index is 13.3. The van der Waals surface area contributed by atoms with Crippen molar-refractivity contribution >= 4 is 47.2 Å². The molecule has 3 rings (SSSR count). The Hall–Kier alpha value is -2.35. The SMILES string of the molecule is CCCCCCCCCCCCSCCC(=O)Oc1c(C)cc(Sc2cc(C)c(OC(=O)CCSCCCCCCCCCCCC)c(-c3ccc(C(C)(C)C)cc3)c2)cc1C. The summed E-state index contributed by atoms with van der Waals surface area (Å²) in [7, 11) is 0. The van der Waals surface area contributed by atoms with E-state index >= 15 is 0 Å². The Balaban J connectivity index is 1.54. The number of benzene rings is 3. The lowest BCUT2D eigenvalue weighted by Gasteiger charge is -2.20. The molecule has 0 fully saturated rings. The van der Waals surface area contributed by atoms with E-state index in [1.165, 1.54) is 134 Å². The van der Waals surface area contributed by atoms with Gasteiger partial charge in [-0.2, -0.15) is 23.5 Å². The van der Waals surface area contributed by atoms with Crippen molar-refractivity contribution in [1.29, 1.82) is 0 Å². The highest BCUT2D eigenvalue weighted by Gasteiger charge is 2.19. The van der Waals surface area contributed by atoms with Crippen LogP contribution in [0.3, 0.4) is 0 Å². The maximum absolute atomic E-state index is 13.3. The second-order valence-electron chi connectivity index (χ2n) is 18.5. The maximum Gasteiger partial charge on any atom is 0.312 e. The number of rotatable bonds is 33. The van der Waals surface area contributed by atoms with E-state index < -0.39 is 0 Å². The smallest absolute Gasteiger partial charge is 0.312 e. The van der Waals surface area contributed by atoms with Gasteiger partial charge >= 0.3 is 11.9 Å². The largest absolute Gasteiger partial charge is 0.426 e. The van der Waals surface area contributed by atoms with E-state index in [4.69, 9.17) is 9.47 Å². The Morgan fingerprint density at radius 2 is 0.855 bits per heavy atom. The third kappa shape index (κ3) is 22.0. The molecule has 0 amide bonds. The Labute approximate surface area is 392 Å². The lowest BCUT2D eigenvalue weighted by Crippen LogP contribution is -2.11. The minimum Gasteiger partial charge on any atom is -0.426 e. The van der Waals surface area contributed by atoms with Gasteiger partial charge in [-0.15, -0.1) is 0 Å². The van der Waals surface area contributed by atoms with Crippen LogP contribution in [0.5, 0.6) is 11.5 Å². The third-order valence-corrected chi connectivity index (χ3v) is 14.7. The lowest BCUT2D eigenvalue weighted by atomic mass is 9.86. The first-order valence-electron chi connectivity index (χ1n) is 24.5. The molecule has 0 bridgehead atoms. The highest BCUT2D eigenvalue weighted by atomic mass is 32.2. The lowest BCUT2D eigenvalue weighted by molar-refractivity contribution is -0.134. The van der Waals surface area contributed by atoms with Crippen molar-refractivity contribution in [1.82, 2.24) is 0 Å². The molecule has 0 saturated heterocycles. The Kier molecular flexibility index (Phi) is 27.4. The number of carbonyl (C=O) groups excluding carboxylic acids is 2. The fourth-order valence-electron chi connectivity index (χ4n) is 7.79. The molecular weight excluding hydrogens is 821 g/mol. The van der Waals surface area contributed by atoms with E-state index in [-0.39, 0.29) is 17.4 Å². The summed E-state index contributed by atoms with van der Waals surface area (Å²) in [5, 5.41) is 0. The number of esters is 2. The molecule has 0 aromatic heterocycles. The molecule has 0 heterocycles. The molecule has 0 saturated carbocycles. The summed E-state index contributed by atoms with van der Waals surface area (Å²) >= 11 is 5.41. The number of ether oxygens (including phenoxy) is 2. The van der Waals surface area contributed by atoms with Crippen molar-refractivity contribution in [3.05, 3.63) is 70.8 Å². The van der Waals surface area contributed by atoms with E-state index in [1.54, 1.807) is 11.8 Å².